The second kappa shape index (κ2) is 4.51. The lowest BCUT2D eigenvalue weighted by molar-refractivity contribution is 0.243. The van der Waals surface area contributed by atoms with Crippen LogP contribution in [0, 0.1) is 11.7 Å². The van der Waals surface area contributed by atoms with Crippen LogP contribution in [0.2, 0.25) is 0 Å². The Morgan fingerprint density at radius 2 is 2.05 bits per heavy atom. The van der Waals surface area contributed by atoms with E-state index in [1.165, 1.54) is 31.4 Å². The van der Waals surface area contributed by atoms with Crippen LogP contribution in [0.25, 0.3) is 0 Å². The van der Waals surface area contributed by atoms with Gasteiger partial charge in [-0.25, -0.2) is 4.39 Å². The lowest BCUT2D eigenvalue weighted by Gasteiger charge is -2.41. The lowest BCUT2D eigenvalue weighted by Crippen LogP contribution is -2.51. The maximum atomic E-state index is 13.1. The van der Waals surface area contributed by atoms with Crippen molar-refractivity contribution in [3.63, 3.8) is 0 Å². The van der Waals surface area contributed by atoms with Crippen molar-refractivity contribution in [1.82, 2.24) is 0 Å². The number of benzene rings is 1. The molecular formula is C15H20FN3. The third-order valence-electron chi connectivity index (χ3n) is 4.39. The molecule has 1 aliphatic heterocycles. The average molecular weight is 261 g/mol. The molecule has 0 radical (unpaired) electrons. The summed E-state index contributed by atoms with van der Waals surface area (Å²) in [5.41, 5.74) is 6.91. The predicted molar refractivity (Wildman–Crippen MR) is 75.7 cm³/mol. The molecule has 19 heavy (non-hydrogen) atoms. The number of hydrogen-bond donors (Lipinski definition) is 1. The number of nitrogens with two attached hydrogens (primary N) is 1. The molecule has 1 aliphatic carbocycles. The molecule has 2 aliphatic rings. The minimum atomic E-state index is -0.223. The van der Waals surface area contributed by atoms with Crippen LogP contribution in [0.4, 0.5) is 10.1 Å². The highest BCUT2D eigenvalue weighted by Crippen LogP contribution is 2.39. The molecule has 0 spiro atoms. The van der Waals surface area contributed by atoms with Crippen LogP contribution in [-0.2, 0) is 0 Å². The molecule has 2 N–H and O–H groups in total. The van der Waals surface area contributed by atoms with E-state index < -0.39 is 0 Å². The molecule has 0 aromatic heterocycles. The van der Waals surface area contributed by atoms with E-state index in [0.717, 1.165) is 24.6 Å². The largest absolute Gasteiger partial charge is 0.369 e. The van der Waals surface area contributed by atoms with Crippen LogP contribution in [-0.4, -0.2) is 18.0 Å². The third kappa shape index (κ3) is 2.20. The van der Waals surface area contributed by atoms with Gasteiger partial charge in [-0.15, -0.1) is 0 Å². The molecular weight excluding hydrogens is 241 g/mol. The maximum absolute atomic E-state index is 13.1. The second-order valence-electron chi connectivity index (χ2n) is 5.98. The summed E-state index contributed by atoms with van der Waals surface area (Å²) in [6.07, 6.45) is 5.07. The van der Waals surface area contributed by atoms with Crippen molar-refractivity contribution in [2.24, 2.45) is 16.6 Å². The molecule has 4 heteroatoms. The van der Waals surface area contributed by atoms with Gasteiger partial charge in [0.2, 0.25) is 0 Å². The number of aliphatic imine (C=N–C) groups is 1. The lowest BCUT2D eigenvalue weighted by atomic mass is 9.76. The average Bonchev–Trinajstić information content (AvgIpc) is 2.63. The molecule has 1 fully saturated rings. The van der Waals surface area contributed by atoms with Gasteiger partial charge in [0.25, 0.3) is 0 Å². The van der Waals surface area contributed by atoms with Crippen molar-refractivity contribution in [1.29, 1.82) is 0 Å². The van der Waals surface area contributed by atoms with Gasteiger partial charge in [-0.2, -0.15) is 0 Å². The summed E-state index contributed by atoms with van der Waals surface area (Å²) in [7, 11) is 0. The van der Waals surface area contributed by atoms with Gasteiger partial charge in [-0.1, -0.05) is 19.3 Å². The number of hydrogen-bond acceptors (Lipinski definition) is 3. The SMILES string of the molecule is CC1(CC2CCC2)CN=C(N)N1c1ccc(F)cc1. The van der Waals surface area contributed by atoms with Crippen LogP contribution < -0.4 is 10.6 Å². The van der Waals surface area contributed by atoms with E-state index in [-0.39, 0.29) is 11.4 Å². The fourth-order valence-electron chi connectivity index (χ4n) is 3.18. The van der Waals surface area contributed by atoms with Gasteiger partial charge in [0, 0.05) is 5.69 Å². The van der Waals surface area contributed by atoms with E-state index in [1.54, 1.807) is 12.1 Å². The van der Waals surface area contributed by atoms with Crippen LogP contribution in [0.1, 0.15) is 32.6 Å². The molecule has 1 saturated carbocycles. The first kappa shape index (κ1) is 12.5. The molecule has 0 amide bonds. The molecule has 0 saturated heterocycles. The Labute approximate surface area is 113 Å². The Morgan fingerprint density at radius 1 is 1.37 bits per heavy atom. The Kier molecular flexibility index (Phi) is 2.96. The van der Waals surface area contributed by atoms with Crippen LogP contribution in [0.15, 0.2) is 29.3 Å². The molecule has 1 atom stereocenters. The van der Waals surface area contributed by atoms with Gasteiger partial charge in [0.05, 0.1) is 12.1 Å². The van der Waals surface area contributed by atoms with E-state index in [2.05, 4.69) is 16.8 Å². The van der Waals surface area contributed by atoms with E-state index in [1.807, 2.05) is 0 Å². The Bertz CT molecular complexity index is 493. The standard InChI is InChI=1S/C15H20FN3/c1-15(9-11-3-2-4-11)10-18-14(17)19(15)13-7-5-12(16)6-8-13/h5-8,11H,2-4,9-10H2,1H3,(H2,17,18). The smallest absolute Gasteiger partial charge is 0.196 e. The molecule has 3 rings (SSSR count). The van der Waals surface area contributed by atoms with Crippen molar-refractivity contribution in [2.45, 2.75) is 38.1 Å². The molecule has 1 aromatic rings. The number of anilines is 1. The molecule has 0 bridgehead atoms. The van der Waals surface area contributed by atoms with Gasteiger partial charge >= 0.3 is 0 Å². The minimum absolute atomic E-state index is 0.0625. The van der Waals surface area contributed by atoms with E-state index in [4.69, 9.17) is 5.73 Å². The van der Waals surface area contributed by atoms with Gasteiger partial charge < -0.3 is 10.6 Å². The van der Waals surface area contributed by atoms with Gasteiger partial charge in [0.1, 0.15) is 5.82 Å². The van der Waals surface area contributed by atoms with E-state index >= 15 is 0 Å². The van der Waals surface area contributed by atoms with Gasteiger partial charge in [-0.3, -0.25) is 4.99 Å². The quantitative estimate of drug-likeness (QED) is 0.909. The Morgan fingerprint density at radius 3 is 2.63 bits per heavy atom. The van der Waals surface area contributed by atoms with Gasteiger partial charge in [-0.05, 0) is 43.5 Å². The Balaban J connectivity index is 1.86. The van der Waals surface area contributed by atoms with Crippen molar-refractivity contribution >= 4 is 11.6 Å². The topological polar surface area (TPSA) is 41.6 Å². The maximum Gasteiger partial charge on any atom is 0.196 e. The Hall–Kier alpha value is -1.58. The van der Waals surface area contributed by atoms with Crippen LogP contribution in [0.3, 0.4) is 0 Å². The monoisotopic (exact) mass is 261 g/mol. The molecule has 102 valence electrons. The minimum Gasteiger partial charge on any atom is -0.369 e. The molecule has 1 aromatic carbocycles. The molecule has 1 heterocycles. The summed E-state index contributed by atoms with van der Waals surface area (Å²) in [6.45, 7) is 2.94. The van der Waals surface area contributed by atoms with Crippen molar-refractivity contribution in [3.05, 3.63) is 30.1 Å². The normalized spacial score (nSPS) is 27.3. The summed E-state index contributed by atoms with van der Waals surface area (Å²) >= 11 is 0. The first-order valence-corrected chi connectivity index (χ1v) is 6.94. The van der Waals surface area contributed by atoms with Gasteiger partial charge in [0.15, 0.2) is 5.96 Å². The van der Waals surface area contributed by atoms with E-state index in [0.29, 0.717) is 5.96 Å². The van der Waals surface area contributed by atoms with Crippen molar-refractivity contribution in [2.75, 3.05) is 11.4 Å². The fourth-order valence-corrected chi connectivity index (χ4v) is 3.18. The molecule has 3 nitrogen and oxygen atoms in total. The number of nitrogens with zero attached hydrogens (tertiary/aromatic N) is 2. The second-order valence-corrected chi connectivity index (χ2v) is 5.98. The van der Waals surface area contributed by atoms with Crippen molar-refractivity contribution in [3.8, 4) is 0 Å². The fraction of sp³-hybridized carbons (Fsp3) is 0.533. The first-order valence-electron chi connectivity index (χ1n) is 6.94. The highest BCUT2D eigenvalue weighted by molar-refractivity contribution is 5.98. The highest BCUT2D eigenvalue weighted by Gasteiger charge is 2.41. The summed E-state index contributed by atoms with van der Waals surface area (Å²) in [5.74, 6) is 1.11. The van der Waals surface area contributed by atoms with Crippen LogP contribution >= 0.6 is 0 Å². The molecule has 1 unspecified atom stereocenters. The summed E-state index contributed by atoms with van der Waals surface area (Å²) < 4.78 is 13.1. The zero-order valence-electron chi connectivity index (χ0n) is 11.3. The first-order chi connectivity index (χ1) is 9.08. The zero-order valence-corrected chi connectivity index (χ0v) is 11.3. The van der Waals surface area contributed by atoms with Crippen molar-refractivity contribution < 1.29 is 4.39 Å². The number of halogens is 1. The number of rotatable bonds is 3. The summed E-state index contributed by atoms with van der Waals surface area (Å²) in [6, 6.07) is 6.51. The van der Waals surface area contributed by atoms with E-state index in [9.17, 15) is 4.39 Å². The summed E-state index contributed by atoms with van der Waals surface area (Å²) in [4.78, 5) is 6.48. The summed E-state index contributed by atoms with van der Waals surface area (Å²) in [5, 5.41) is 0. The predicted octanol–water partition coefficient (Wildman–Crippen LogP) is 2.91. The zero-order chi connectivity index (χ0) is 13.5. The number of guanidine groups is 1. The third-order valence-corrected chi connectivity index (χ3v) is 4.39. The highest BCUT2D eigenvalue weighted by atomic mass is 19.1. The van der Waals surface area contributed by atoms with Crippen LogP contribution in [0.5, 0.6) is 0 Å².